The van der Waals surface area contributed by atoms with E-state index in [1.807, 2.05) is 24.3 Å². The first-order valence-corrected chi connectivity index (χ1v) is 8.00. The minimum Gasteiger partial charge on any atom is -0.497 e. The fraction of sp³-hybridized carbons (Fsp3) is 0.167. The molecule has 7 heteroatoms. The summed E-state index contributed by atoms with van der Waals surface area (Å²) >= 11 is 5.99. The number of hydrogen-bond acceptors (Lipinski definition) is 4. The van der Waals surface area contributed by atoms with Crippen LogP contribution in [0.2, 0.25) is 5.02 Å². The summed E-state index contributed by atoms with van der Waals surface area (Å²) in [6, 6.07) is 12.6. The molecule has 0 saturated carbocycles. The third kappa shape index (κ3) is 3.97. The maximum atomic E-state index is 11.0. The summed E-state index contributed by atoms with van der Waals surface area (Å²) in [5.41, 5.74) is 1.91. The van der Waals surface area contributed by atoms with Crippen molar-refractivity contribution in [1.29, 1.82) is 0 Å². The van der Waals surface area contributed by atoms with Crippen LogP contribution >= 0.6 is 11.6 Å². The van der Waals surface area contributed by atoms with Crippen LogP contribution in [-0.4, -0.2) is 33.0 Å². The highest BCUT2D eigenvalue weighted by Gasteiger charge is 2.12. The molecule has 1 N–H and O–H groups in total. The van der Waals surface area contributed by atoms with E-state index in [0.717, 1.165) is 12.2 Å². The third-order valence-electron chi connectivity index (χ3n) is 3.78. The van der Waals surface area contributed by atoms with Crippen molar-refractivity contribution in [2.45, 2.75) is 13.0 Å². The number of rotatable bonds is 6. The number of halogens is 1. The lowest BCUT2D eigenvalue weighted by Gasteiger charge is -2.04. The normalized spacial score (nSPS) is 10.6. The van der Waals surface area contributed by atoms with E-state index in [1.54, 1.807) is 30.3 Å². The number of carbonyl (C=O) groups is 1. The molecule has 0 atom stereocenters. The van der Waals surface area contributed by atoms with Gasteiger partial charge in [-0.05, 0) is 36.2 Å². The zero-order valence-corrected chi connectivity index (χ0v) is 14.3. The molecule has 0 aliphatic rings. The molecular formula is C18H16ClN3O3. The van der Waals surface area contributed by atoms with E-state index in [1.165, 1.54) is 11.6 Å². The number of benzene rings is 2. The molecule has 3 rings (SSSR count). The van der Waals surface area contributed by atoms with Crippen LogP contribution in [0.1, 0.15) is 15.9 Å². The second-order valence-electron chi connectivity index (χ2n) is 5.43. The van der Waals surface area contributed by atoms with Crippen LogP contribution in [0.3, 0.4) is 0 Å². The molecule has 1 heterocycles. The number of nitrogens with zero attached hydrogens (tertiary/aromatic N) is 3. The summed E-state index contributed by atoms with van der Waals surface area (Å²) in [5.74, 6) is 0.275. The zero-order chi connectivity index (χ0) is 17.8. The highest BCUT2D eigenvalue weighted by atomic mass is 35.5. The molecule has 0 amide bonds. The second-order valence-corrected chi connectivity index (χ2v) is 5.84. The van der Waals surface area contributed by atoms with Crippen LogP contribution in [0.5, 0.6) is 5.75 Å². The minimum absolute atomic E-state index is 0.0596. The summed E-state index contributed by atoms with van der Waals surface area (Å²) in [5, 5.41) is 13.6. The molecule has 6 nitrogen and oxygen atoms in total. The Hall–Kier alpha value is -2.86. The molecule has 25 heavy (non-hydrogen) atoms. The van der Waals surface area contributed by atoms with Crippen molar-refractivity contribution in [3.8, 4) is 17.1 Å². The Morgan fingerprint density at radius 3 is 2.64 bits per heavy atom. The van der Waals surface area contributed by atoms with Gasteiger partial charge in [-0.1, -0.05) is 29.8 Å². The lowest BCUT2D eigenvalue weighted by Crippen LogP contribution is -2.02. The van der Waals surface area contributed by atoms with Crippen molar-refractivity contribution in [3.63, 3.8) is 0 Å². The van der Waals surface area contributed by atoms with Crippen molar-refractivity contribution in [3.05, 3.63) is 64.9 Å². The van der Waals surface area contributed by atoms with E-state index in [4.69, 9.17) is 21.4 Å². The van der Waals surface area contributed by atoms with Gasteiger partial charge in [0, 0.05) is 12.1 Å². The molecule has 0 saturated heterocycles. The molecule has 0 aliphatic carbocycles. The first kappa shape index (κ1) is 17.0. The number of carboxylic acids is 1. The Bertz CT molecular complexity index is 891. The number of hydrogen-bond donors (Lipinski definition) is 1. The van der Waals surface area contributed by atoms with E-state index in [2.05, 4.69) is 10.1 Å². The van der Waals surface area contributed by atoms with Gasteiger partial charge >= 0.3 is 5.97 Å². The first-order valence-electron chi connectivity index (χ1n) is 7.62. The second kappa shape index (κ2) is 7.36. The van der Waals surface area contributed by atoms with Gasteiger partial charge in [-0.15, -0.1) is 0 Å². The van der Waals surface area contributed by atoms with Crippen molar-refractivity contribution in [1.82, 2.24) is 14.8 Å². The Balaban J connectivity index is 1.69. The molecule has 0 radical (unpaired) electrons. The summed E-state index contributed by atoms with van der Waals surface area (Å²) in [4.78, 5) is 15.3. The highest BCUT2D eigenvalue weighted by molar-refractivity contribution is 6.33. The zero-order valence-electron chi connectivity index (χ0n) is 13.5. The number of methoxy groups -OCH3 is 1. The van der Waals surface area contributed by atoms with Crippen molar-refractivity contribution >= 4 is 17.6 Å². The Labute approximate surface area is 149 Å². The van der Waals surface area contributed by atoms with Gasteiger partial charge < -0.3 is 9.84 Å². The van der Waals surface area contributed by atoms with Crippen LogP contribution in [0, 0.1) is 0 Å². The average Bonchev–Trinajstić information content (AvgIpc) is 3.09. The molecular weight excluding hydrogens is 342 g/mol. The number of aromatic carboxylic acids is 1. The lowest BCUT2D eigenvalue weighted by atomic mass is 10.1. The summed E-state index contributed by atoms with van der Waals surface area (Å²) in [6.45, 7) is 0.681. The third-order valence-corrected chi connectivity index (χ3v) is 4.10. The number of carboxylic acid groups (broad SMARTS) is 1. The SMILES string of the molecule is COc1ccc(CCn2cnc(-c3ccc(C(=O)O)c(Cl)c3)n2)cc1. The van der Waals surface area contributed by atoms with Gasteiger partial charge in [0.2, 0.25) is 0 Å². The first-order chi connectivity index (χ1) is 12.1. The van der Waals surface area contributed by atoms with E-state index < -0.39 is 5.97 Å². The standard InChI is InChI=1S/C18H16ClN3O3/c1-25-14-5-2-12(3-6-14)8-9-22-11-20-17(21-22)13-4-7-15(18(23)24)16(19)10-13/h2-7,10-11H,8-9H2,1H3,(H,23,24). The molecule has 0 spiro atoms. The van der Waals surface area contributed by atoms with Crippen LogP contribution < -0.4 is 4.74 Å². The lowest BCUT2D eigenvalue weighted by molar-refractivity contribution is 0.0697. The Kier molecular flexibility index (Phi) is 5.00. The van der Waals surface area contributed by atoms with Crippen LogP contribution in [0.15, 0.2) is 48.8 Å². The molecule has 3 aromatic rings. The quantitative estimate of drug-likeness (QED) is 0.730. The van der Waals surface area contributed by atoms with Gasteiger partial charge in [0.05, 0.1) is 17.7 Å². The molecule has 0 fully saturated rings. The van der Waals surface area contributed by atoms with Crippen molar-refractivity contribution < 1.29 is 14.6 Å². The van der Waals surface area contributed by atoms with E-state index in [-0.39, 0.29) is 10.6 Å². The van der Waals surface area contributed by atoms with Crippen LogP contribution in [-0.2, 0) is 13.0 Å². The van der Waals surface area contributed by atoms with Gasteiger partial charge in [0.1, 0.15) is 12.1 Å². The topological polar surface area (TPSA) is 77.2 Å². The molecule has 0 aliphatic heterocycles. The van der Waals surface area contributed by atoms with Gasteiger partial charge in [-0.3, -0.25) is 4.68 Å². The molecule has 128 valence electrons. The Morgan fingerprint density at radius 1 is 1.24 bits per heavy atom. The van der Waals surface area contributed by atoms with Gasteiger partial charge in [-0.25, -0.2) is 9.78 Å². The van der Waals surface area contributed by atoms with E-state index in [9.17, 15) is 4.79 Å². The van der Waals surface area contributed by atoms with Crippen molar-refractivity contribution in [2.75, 3.05) is 7.11 Å². The van der Waals surface area contributed by atoms with Gasteiger partial charge in [0.15, 0.2) is 5.82 Å². The molecule has 0 unspecified atom stereocenters. The maximum Gasteiger partial charge on any atom is 0.337 e. The summed E-state index contributed by atoms with van der Waals surface area (Å²) in [6.07, 6.45) is 2.46. The van der Waals surface area contributed by atoms with E-state index >= 15 is 0 Å². The van der Waals surface area contributed by atoms with Crippen LogP contribution in [0.25, 0.3) is 11.4 Å². The fourth-order valence-corrected chi connectivity index (χ4v) is 2.66. The predicted molar refractivity (Wildman–Crippen MR) is 94.1 cm³/mol. The van der Waals surface area contributed by atoms with Gasteiger partial charge in [0.25, 0.3) is 0 Å². The Morgan fingerprint density at radius 2 is 2.00 bits per heavy atom. The van der Waals surface area contributed by atoms with E-state index in [0.29, 0.717) is 17.9 Å². The summed E-state index contributed by atoms with van der Waals surface area (Å²) in [7, 11) is 1.64. The van der Waals surface area contributed by atoms with Gasteiger partial charge in [-0.2, -0.15) is 5.10 Å². The van der Waals surface area contributed by atoms with Crippen molar-refractivity contribution in [2.24, 2.45) is 0 Å². The highest BCUT2D eigenvalue weighted by Crippen LogP contribution is 2.23. The average molecular weight is 358 g/mol. The largest absolute Gasteiger partial charge is 0.497 e. The molecule has 0 bridgehead atoms. The molecule has 2 aromatic carbocycles. The smallest absolute Gasteiger partial charge is 0.337 e. The predicted octanol–water partition coefficient (Wildman–Crippen LogP) is 3.55. The number of aryl methyl sites for hydroxylation is 2. The summed E-state index contributed by atoms with van der Waals surface area (Å²) < 4.78 is 6.89. The number of aromatic nitrogens is 3. The maximum absolute atomic E-state index is 11.0. The fourth-order valence-electron chi connectivity index (χ4n) is 2.40. The van der Waals surface area contributed by atoms with Crippen LogP contribution in [0.4, 0.5) is 0 Å². The minimum atomic E-state index is -1.06. The monoisotopic (exact) mass is 357 g/mol. The number of ether oxygens (including phenoxy) is 1. The molecule has 1 aromatic heterocycles.